The third kappa shape index (κ3) is 4.89. The molecule has 0 spiro atoms. The standard InChI is InChI=1S/C19H23FN2O/c1-13(2)17-6-4-5-14(3)19(17)22-18(23)12-21-11-15-7-9-16(20)10-8-15/h4-10,13,21H,11-12H2,1-3H3,(H,22,23). The maximum Gasteiger partial charge on any atom is 0.238 e. The molecule has 0 heterocycles. The molecule has 0 unspecified atom stereocenters. The fourth-order valence-corrected chi connectivity index (χ4v) is 2.45. The lowest BCUT2D eigenvalue weighted by Gasteiger charge is -2.16. The molecule has 1 amide bonds. The van der Waals surface area contributed by atoms with E-state index in [0.717, 1.165) is 22.4 Å². The highest BCUT2D eigenvalue weighted by Gasteiger charge is 2.11. The minimum absolute atomic E-state index is 0.0803. The zero-order valence-corrected chi connectivity index (χ0v) is 13.8. The molecule has 0 aliphatic carbocycles. The maximum absolute atomic E-state index is 12.8. The van der Waals surface area contributed by atoms with Crippen LogP contribution < -0.4 is 10.6 Å². The summed E-state index contributed by atoms with van der Waals surface area (Å²) in [6.45, 7) is 6.95. The lowest BCUT2D eigenvalue weighted by Crippen LogP contribution is -2.28. The van der Waals surface area contributed by atoms with Gasteiger partial charge in [-0.1, -0.05) is 44.2 Å². The Morgan fingerprint density at radius 1 is 1.13 bits per heavy atom. The zero-order chi connectivity index (χ0) is 16.8. The average molecular weight is 314 g/mol. The first-order valence-corrected chi connectivity index (χ1v) is 7.82. The Morgan fingerprint density at radius 3 is 2.48 bits per heavy atom. The summed E-state index contributed by atoms with van der Waals surface area (Å²) in [5, 5.41) is 6.07. The molecular weight excluding hydrogens is 291 g/mol. The molecular formula is C19H23FN2O. The summed E-state index contributed by atoms with van der Waals surface area (Å²) in [5.74, 6) is 0.00736. The molecule has 3 nitrogen and oxygen atoms in total. The first-order valence-electron chi connectivity index (χ1n) is 7.82. The summed E-state index contributed by atoms with van der Waals surface area (Å²) in [7, 11) is 0. The van der Waals surface area contributed by atoms with Crippen molar-refractivity contribution in [3.63, 3.8) is 0 Å². The van der Waals surface area contributed by atoms with E-state index in [1.807, 2.05) is 25.1 Å². The molecule has 2 aromatic rings. The van der Waals surface area contributed by atoms with E-state index in [-0.39, 0.29) is 18.3 Å². The van der Waals surface area contributed by atoms with E-state index in [4.69, 9.17) is 0 Å². The topological polar surface area (TPSA) is 41.1 Å². The summed E-state index contributed by atoms with van der Waals surface area (Å²) in [4.78, 5) is 12.2. The fourth-order valence-electron chi connectivity index (χ4n) is 2.45. The Labute approximate surface area is 136 Å². The minimum Gasteiger partial charge on any atom is -0.324 e. The first-order chi connectivity index (χ1) is 11.0. The SMILES string of the molecule is Cc1cccc(C(C)C)c1NC(=O)CNCc1ccc(F)cc1. The molecule has 0 atom stereocenters. The van der Waals surface area contributed by atoms with Crippen LogP contribution in [-0.2, 0) is 11.3 Å². The van der Waals surface area contributed by atoms with Crippen LogP contribution in [0.3, 0.4) is 0 Å². The number of carbonyl (C=O) groups excluding carboxylic acids is 1. The smallest absolute Gasteiger partial charge is 0.238 e. The quantitative estimate of drug-likeness (QED) is 0.846. The lowest BCUT2D eigenvalue weighted by molar-refractivity contribution is -0.115. The van der Waals surface area contributed by atoms with E-state index in [9.17, 15) is 9.18 Å². The monoisotopic (exact) mass is 314 g/mol. The van der Waals surface area contributed by atoms with Gasteiger partial charge in [-0.05, 0) is 41.7 Å². The Balaban J connectivity index is 1.91. The summed E-state index contributed by atoms with van der Waals surface area (Å²) < 4.78 is 12.8. The van der Waals surface area contributed by atoms with E-state index in [1.54, 1.807) is 12.1 Å². The number of hydrogen-bond donors (Lipinski definition) is 2. The third-order valence-corrected chi connectivity index (χ3v) is 3.72. The molecule has 2 aromatic carbocycles. The van der Waals surface area contributed by atoms with Gasteiger partial charge in [0.15, 0.2) is 0 Å². The minimum atomic E-state index is -0.257. The highest BCUT2D eigenvalue weighted by molar-refractivity contribution is 5.93. The average Bonchev–Trinajstić information content (AvgIpc) is 2.51. The first kappa shape index (κ1) is 17.2. The van der Waals surface area contributed by atoms with Crippen LogP contribution in [0.1, 0.15) is 36.5 Å². The highest BCUT2D eigenvalue weighted by atomic mass is 19.1. The fraction of sp³-hybridized carbons (Fsp3) is 0.316. The van der Waals surface area contributed by atoms with Gasteiger partial charge in [-0.25, -0.2) is 4.39 Å². The van der Waals surface area contributed by atoms with Crippen molar-refractivity contribution >= 4 is 11.6 Å². The Bertz CT molecular complexity index is 666. The maximum atomic E-state index is 12.8. The molecule has 4 heteroatoms. The number of halogens is 1. The van der Waals surface area contributed by atoms with Gasteiger partial charge in [-0.15, -0.1) is 0 Å². The van der Waals surface area contributed by atoms with Crippen LogP contribution in [0.5, 0.6) is 0 Å². The van der Waals surface area contributed by atoms with Gasteiger partial charge < -0.3 is 10.6 Å². The lowest BCUT2D eigenvalue weighted by atomic mass is 9.98. The van der Waals surface area contributed by atoms with Crippen LogP contribution in [0.15, 0.2) is 42.5 Å². The van der Waals surface area contributed by atoms with Crippen molar-refractivity contribution in [2.24, 2.45) is 0 Å². The number of hydrogen-bond acceptors (Lipinski definition) is 2. The highest BCUT2D eigenvalue weighted by Crippen LogP contribution is 2.27. The third-order valence-electron chi connectivity index (χ3n) is 3.72. The molecule has 0 fully saturated rings. The van der Waals surface area contributed by atoms with Crippen LogP contribution in [0.25, 0.3) is 0 Å². The van der Waals surface area contributed by atoms with Gasteiger partial charge in [0, 0.05) is 12.2 Å². The van der Waals surface area contributed by atoms with Gasteiger partial charge in [-0.2, -0.15) is 0 Å². The molecule has 2 N–H and O–H groups in total. The van der Waals surface area contributed by atoms with Crippen LogP contribution in [0.2, 0.25) is 0 Å². The predicted molar refractivity (Wildman–Crippen MR) is 92.0 cm³/mol. The molecule has 0 aliphatic rings. The van der Waals surface area contributed by atoms with Gasteiger partial charge in [-0.3, -0.25) is 4.79 Å². The molecule has 122 valence electrons. The number of anilines is 1. The Morgan fingerprint density at radius 2 is 1.83 bits per heavy atom. The summed E-state index contributed by atoms with van der Waals surface area (Å²) in [5.41, 5.74) is 4.04. The summed E-state index contributed by atoms with van der Waals surface area (Å²) >= 11 is 0. The summed E-state index contributed by atoms with van der Waals surface area (Å²) in [6.07, 6.45) is 0. The molecule has 23 heavy (non-hydrogen) atoms. The van der Waals surface area contributed by atoms with Crippen molar-refractivity contribution in [1.82, 2.24) is 5.32 Å². The number of nitrogens with one attached hydrogen (secondary N) is 2. The predicted octanol–water partition coefficient (Wildman–Crippen LogP) is 3.99. The Kier molecular flexibility index (Phi) is 5.88. The van der Waals surface area contributed by atoms with E-state index in [0.29, 0.717) is 12.5 Å². The molecule has 0 bridgehead atoms. The molecule has 0 saturated heterocycles. The number of rotatable bonds is 6. The second-order valence-electron chi connectivity index (χ2n) is 5.97. The number of para-hydroxylation sites is 1. The van der Waals surface area contributed by atoms with E-state index in [2.05, 4.69) is 24.5 Å². The van der Waals surface area contributed by atoms with Gasteiger partial charge in [0.05, 0.1) is 6.54 Å². The van der Waals surface area contributed by atoms with Crippen LogP contribution in [-0.4, -0.2) is 12.5 Å². The molecule has 2 rings (SSSR count). The molecule has 0 aliphatic heterocycles. The van der Waals surface area contributed by atoms with Gasteiger partial charge in [0.1, 0.15) is 5.82 Å². The van der Waals surface area contributed by atoms with Crippen molar-refractivity contribution in [2.75, 3.05) is 11.9 Å². The van der Waals surface area contributed by atoms with E-state index in [1.165, 1.54) is 12.1 Å². The van der Waals surface area contributed by atoms with Crippen LogP contribution in [0, 0.1) is 12.7 Å². The van der Waals surface area contributed by atoms with Crippen molar-refractivity contribution < 1.29 is 9.18 Å². The zero-order valence-electron chi connectivity index (χ0n) is 13.8. The van der Waals surface area contributed by atoms with Crippen LogP contribution >= 0.6 is 0 Å². The largest absolute Gasteiger partial charge is 0.324 e. The van der Waals surface area contributed by atoms with E-state index < -0.39 is 0 Å². The molecule has 0 saturated carbocycles. The summed E-state index contributed by atoms with van der Waals surface area (Å²) in [6, 6.07) is 12.3. The molecule has 0 aromatic heterocycles. The van der Waals surface area contributed by atoms with Crippen molar-refractivity contribution in [3.8, 4) is 0 Å². The van der Waals surface area contributed by atoms with Crippen molar-refractivity contribution in [2.45, 2.75) is 33.2 Å². The van der Waals surface area contributed by atoms with Gasteiger partial charge in [0.25, 0.3) is 0 Å². The second kappa shape index (κ2) is 7.88. The Hall–Kier alpha value is -2.20. The van der Waals surface area contributed by atoms with E-state index >= 15 is 0 Å². The van der Waals surface area contributed by atoms with Crippen LogP contribution in [0.4, 0.5) is 10.1 Å². The number of carbonyl (C=O) groups is 1. The second-order valence-corrected chi connectivity index (χ2v) is 5.97. The normalized spacial score (nSPS) is 10.8. The number of benzene rings is 2. The van der Waals surface area contributed by atoms with Gasteiger partial charge in [0.2, 0.25) is 5.91 Å². The molecule has 0 radical (unpaired) electrons. The van der Waals surface area contributed by atoms with Crippen molar-refractivity contribution in [3.05, 3.63) is 65.0 Å². The number of amides is 1. The van der Waals surface area contributed by atoms with Gasteiger partial charge >= 0.3 is 0 Å². The number of aryl methyl sites for hydroxylation is 1. The van der Waals surface area contributed by atoms with Crippen molar-refractivity contribution in [1.29, 1.82) is 0 Å².